The lowest BCUT2D eigenvalue weighted by Gasteiger charge is -2.26. The highest BCUT2D eigenvalue weighted by atomic mass is 32.2. The van der Waals surface area contributed by atoms with E-state index in [1.54, 1.807) is 6.92 Å². The topological polar surface area (TPSA) is 81.3 Å². The summed E-state index contributed by atoms with van der Waals surface area (Å²) in [4.78, 5) is 14.0. The number of aromatic nitrogens is 2. The van der Waals surface area contributed by atoms with Gasteiger partial charge in [-0.15, -0.1) is 10.2 Å². The summed E-state index contributed by atoms with van der Waals surface area (Å²) in [6.45, 7) is 2.16. The van der Waals surface area contributed by atoms with Crippen molar-refractivity contribution >= 4 is 34.2 Å². The predicted molar refractivity (Wildman–Crippen MR) is 81.2 cm³/mol. The quantitative estimate of drug-likeness (QED) is 0.601. The molecule has 2 N–H and O–H groups in total. The molecule has 0 radical (unpaired) electrons. The van der Waals surface area contributed by atoms with Crippen molar-refractivity contribution in [3.05, 3.63) is 0 Å². The second-order valence-corrected chi connectivity index (χ2v) is 7.25. The third kappa shape index (κ3) is 3.42. The molecule has 1 aliphatic rings. The summed E-state index contributed by atoms with van der Waals surface area (Å²) in [5, 5.41) is 9.03. The number of carbonyl (C=O) groups excluding carboxylic acids is 1. The summed E-state index contributed by atoms with van der Waals surface area (Å²) >= 11 is 2.98. The molecule has 0 bridgehead atoms. The van der Waals surface area contributed by atoms with Crippen LogP contribution in [0.1, 0.15) is 19.8 Å². The van der Waals surface area contributed by atoms with Gasteiger partial charge in [0.05, 0.1) is 6.61 Å². The number of anilines is 1. The van der Waals surface area contributed by atoms with Crippen molar-refractivity contribution in [2.45, 2.75) is 29.6 Å². The molecule has 1 aliphatic carbocycles. The molecule has 20 heavy (non-hydrogen) atoms. The number of carbonyl (C=O) groups is 1. The summed E-state index contributed by atoms with van der Waals surface area (Å²) in [6.07, 6.45) is 1.99. The van der Waals surface area contributed by atoms with E-state index in [1.807, 2.05) is 19.0 Å². The zero-order chi connectivity index (χ0) is 14.8. The van der Waals surface area contributed by atoms with Gasteiger partial charge in [-0.2, -0.15) is 0 Å². The smallest absolute Gasteiger partial charge is 0.327 e. The van der Waals surface area contributed by atoms with Gasteiger partial charge in [-0.05, 0) is 25.7 Å². The maximum absolute atomic E-state index is 12.1. The van der Waals surface area contributed by atoms with E-state index in [9.17, 15) is 4.79 Å². The van der Waals surface area contributed by atoms with E-state index in [0.717, 1.165) is 22.3 Å². The number of esters is 1. The van der Waals surface area contributed by atoms with E-state index >= 15 is 0 Å². The highest BCUT2D eigenvalue weighted by Crippen LogP contribution is 2.42. The second kappa shape index (κ2) is 6.28. The minimum absolute atomic E-state index is 0.232. The van der Waals surface area contributed by atoms with Crippen LogP contribution in [0.15, 0.2) is 4.34 Å². The van der Waals surface area contributed by atoms with Crippen molar-refractivity contribution < 1.29 is 9.53 Å². The molecule has 2 rings (SSSR count). The lowest BCUT2D eigenvalue weighted by molar-refractivity contribution is -0.149. The molecule has 0 aliphatic heterocycles. The fourth-order valence-electron chi connectivity index (χ4n) is 1.83. The van der Waals surface area contributed by atoms with Gasteiger partial charge >= 0.3 is 5.97 Å². The molecule has 112 valence electrons. The fraction of sp³-hybridized carbons (Fsp3) is 0.750. The highest BCUT2D eigenvalue weighted by Gasteiger charge is 2.49. The molecule has 1 unspecified atom stereocenters. The summed E-state index contributed by atoms with van der Waals surface area (Å²) < 4.78 is 5.95. The Morgan fingerprint density at radius 1 is 1.55 bits per heavy atom. The van der Waals surface area contributed by atoms with Crippen LogP contribution in [0.2, 0.25) is 0 Å². The lowest BCUT2D eigenvalue weighted by Crippen LogP contribution is -2.53. The Morgan fingerprint density at radius 3 is 2.75 bits per heavy atom. The average molecular weight is 316 g/mol. The standard InChI is InChI=1S/C12H20N4O2S2/c1-4-18-9(17)12(13,8-5-6-8)7-19-11-15-14-10(20-11)16(2)3/h8H,4-7,13H2,1-3H3. The van der Waals surface area contributed by atoms with Crippen LogP contribution in [0, 0.1) is 5.92 Å². The van der Waals surface area contributed by atoms with Crippen molar-refractivity contribution in [1.82, 2.24) is 10.2 Å². The van der Waals surface area contributed by atoms with E-state index in [2.05, 4.69) is 10.2 Å². The van der Waals surface area contributed by atoms with Gasteiger partial charge in [0.1, 0.15) is 5.54 Å². The van der Waals surface area contributed by atoms with Crippen LogP contribution in [-0.4, -0.2) is 48.2 Å². The van der Waals surface area contributed by atoms with E-state index in [1.165, 1.54) is 23.1 Å². The second-order valence-electron chi connectivity index (χ2n) is 5.07. The van der Waals surface area contributed by atoms with Gasteiger partial charge in [0.25, 0.3) is 0 Å². The Labute approximate surface area is 127 Å². The minimum atomic E-state index is -0.898. The first-order valence-electron chi connectivity index (χ1n) is 6.57. The molecule has 0 saturated heterocycles. The Kier molecular flexibility index (Phi) is 4.87. The Balaban J connectivity index is 1.99. The third-order valence-electron chi connectivity index (χ3n) is 3.17. The van der Waals surface area contributed by atoms with Gasteiger partial charge in [-0.3, -0.25) is 4.79 Å². The van der Waals surface area contributed by atoms with Crippen LogP contribution in [-0.2, 0) is 9.53 Å². The van der Waals surface area contributed by atoms with Crippen molar-refractivity contribution in [3.8, 4) is 0 Å². The van der Waals surface area contributed by atoms with E-state index in [0.29, 0.717) is 12.4 Å². The van der Waals surface area contributed by atoms with Crippen molar-refractivity contribution in [3.63, 3.8) is 0 Å². The lowest BCUT2D eigenvalue weighted by atomic mass is 9.97. The first-order valence-corrected chi connectivity index (χ1v) is 8.37. The summed E-state index contributed by atoms with van der Waals surface area (Å²) in [5.41, 5.74) is 5.40. The molecule has 1 aromatic heterocycles. The monoisotopic (exact) mass is 316 g/mol. The SMILES string of the molecule is CCOC(=O)C(N)(CSc1nnc(N(C)C)s1)C1CC1. The average Bonchev–Trinajstić information content (AvgIpc) is 3.15. The molecule has 1 fully saturated rings. The Bertz CT molecular complexity index is 476. The van der Waals surface area contributed by atoms with Crippen molar-refractivity contribution in [1.29, 1.82) is 0 Å². The van der Waals surface area contributed by atoms with Gasteiger partial charge in [0, 0.05) is 19.8 Å². The van der Waals surface area contributed by atoms with E-state index in [-0.39, 0.29) is 11.9 Å². The number of nitrogens with zero attached hydrogens (tertiary/aromatic N) is 3. The first-order chi connectivity index (χ1) is 9.47. The van der Waals surface area contributed by atoms with Crippen LogP contribution in [0.25, 0.3) is 0 Å². The molecule has 1 saturated carbocycles. The number of thioether (sulfide) groups is 1. The van der Waals surface area contributed by atoms with Gasteiger partial charge in [0.2, 0.25) is 5.13 Å². The fourth-order valence-corrected chi connectivity index (χ4v) is 3.78. The summed E-state index contributed by atoms with van der Waals surface area (Å²) in [6, 6.07) is 0. The molecule has 0 aromatic carbocycles. The largest absolute Gasteiger partial charge is 0.465 e. The Hall–Kier alpha value is -0.860. The van der Waals surface area contributed by atoms with Crippen LogP contribution in [0.3, 0.4) is 0 Å². The van der Waals surface area contributed by atoms with E-state index < -0.39 is 5.54 Å². The normalized spacial score (nSPS) is 17.6. The molecule has 8 heteroatoms. The van der Waals surface area contributed by atoms with Crippen molar-refractivity contribution in [2.24, 2.45) is 11.7 Å². The molecular weight excluding hydrogens is 296 g/mol. The molecule has 1 aromatic rings. The van der Waals surface area contributed by atoms with Crippen LogP contribution in [0.4, 0.5) is 5.13 Å². The molecule has 1 heterocycles. The third-order valence-corrected chi connectivity index (χ3v) is 5.61. The van der Waals surface area contributed by atoms with Gasteiger partial charge in [-0.25, -0.2) is 0 Å². The van der Waals surface area contributed by atoms with Crippen LogP contribution < -0.4 is 10.6 Å². The number of rotatable bonds is 7. The van der Waals surface area contributed by atoms with E-state index in [4.69, 9.17) is 10.5 Å². The molecular formula is C12H20N4O2S2. The Morgan fingerprint density at radius 2 is 2.25 bits per heavy atom. The first kappa shape index (κ1) is 15.5. The zero-order valence-electron chi connectivity index (χ0n) is 12.0. The maximum Gasteiger partial charge on any atom is 0.327 e. The molecule has 0 spiro atoms. The summed E-state index contributed by atoms with van der Waals surface area (Å²) in [5.74, 6) is 0.418. The molecule has 0 amide bonds. The number of nitrogens with two attached hydrogens (primary N) is 1. The van der Waals surface area contributed by atoms with Gasteiger partial charge < -0.3 is 15.4 Å². The summed E-state index contributed by atoms with van der Waals surface area (Å²) in [7, 11) is 3.84. The van der Waals surface area contributed by atoms with Crippen molar-refractivity contribution in [2.75, 3.05) is 31.4 Å². The highest BCUT2D eigenvalue weighted by molar-refractivity contribution is 8.01. The van der Waals surface area contributed by atoms with Crippen LogP contribution >= 0.6 is 23.1 Å². The maximum atomic E-state index is 12.1. The number of hydrogen-bond acceptors (Lipinski definition) is 8. The number of hydrogen-bond donors (Lipinski definition) is 1. The van der Waals surface area contributed by atoms with Crippen LogP contribution in [0.5, 0.6) is 0 Å². The minimum Gasteiger partial charge on any atom is -0.465 e. The van der Waals surface area contributed by atoms with Gasteiger partial charge in [0.15, 0.2) is 4.34 Å². The predicted octanol–water partition coefficient (Wildman–Crippen LogP) is 1.37. The molecule has 6 nitrogen and oxygen atoms in total. The number of ether oxygens (including phenoxy) is 1. The molecule has 1 atom stereocenters. The van der Waals surface area contributed by atoms with Gasteiger partial charge in [-0.1, -0.05) is 23.1 Å². The zero-order valence-corrected chi connectivity index (χ0v) is 13.6.